The van der Waals surface area contributed by atoms with Gasteiger partial charge in [0.1, 0.15) is 5.82 Å². The highest BCUT2D eigenvalue weighted by atomic mass is 127. The number of aliphatic imine (C=N–C) groups is 1. The molecule has 0 aliphatic carbocycles. The Labute approximate surface area is 184 Å². The second kappa shape index (κ2) is 10.5. The number of likely N-dealkylation sites (tertiary alicyclic amines) is 1. The molecule has 1 atom stereocenters. The van der Waals surface area contributed by atoms with E-state index >= 15 is 0 Å². The highest BCUT2D eigenvalue weighted by Crippen LogP contribution is 2.21. The number of nitrogens with zero attached hydrogens (tertiary/aromatic N) is 2. The summed E-state index contributed by atoms with van der Waals surface area (Å²) in [5, 5.41) is 7.33. The van der Waals surface area contributed by atoms with Crippen LogP contribution in [0.5, 0.6) is 0 Å². The third-order valence-corrected chi connectivity index (χ3v) is 4.74. The van der Waals surface area contributed by atoms with Gasteiger partial charge in [0.05, 0.1) is 6.54 Å². The number of halogens is 5. The van der Waals surface area contributed by atoms with E-state index in [4.69, 9.17) is 0 Å². The van der Waals surface area contributed by atoms with Gasteiger partial charge in [0.2, 0.25) is 0 Å². The molecule has 1 aromatic heterocycles. The van der Waals surface area contributed by atoms with Crippen molar-refractivity contribution in [3.05, 3.63) is 35.8 Å². The number of alkyl halides is 3. The van der Waals surface area contributed by atoms with E-state index in [9.17, 15) is 17.6 Å². The van der Waals surface area contributed by atoms with Gasteiger partial charge >= 0.3 is 6.18 Å². The van der Waals surface area contributed by atoms with Crippen LogP contribution in [0.2, 0.25) is 0 Å². The number of aromatic amines is 1. The van der Waals surface area contributed by atoms with Gasteiger partial charge in [0.25, 0.3) is 0 Å². The molecule has 3 N–H and O–H groups in total. The number of guanidine groups is 1. The number of benzene rings is 1. The Kier molecular flexibility index (Phi) is 8.56. The zero-order valence-electron chi connectivity index (χ0n) is 16.2. The minimum atomic E-state index is -4.17. The highest BCUT2D eigenvalue weighted by molar-refractivity contribution is 14.0. The molecule has 1 aliphatic rings. The molecular weight excluding hydrogens is 501 g/mol. The Balaban J connectivity index is 0.00000300. The van der Waals surface area contributed by atoms with Crippen molar-refractivity contribution in [1.29, 1.82) is 0 Å². The summed E-state index contributed by atoms with van der Waals surface area (Å²) in [6.45, 7) is 3.01. The molecule has 0 spiro atoms. The minimum Gasteiger partial charge on any atom is -0.361 e. The molecule has 2 aromatic rings. The zero-order valence-corrected chi connectivity index (χ0v) is 18.5. The number of hydrogen-bond acceptors (Lipinski definition) is 2. The maximum atomic E-state index is 13.3. The van der Waals surface area contributed by atoms with Crippen LogP contribution in [0, 0.1) is 5.82 Å². The van der Waals surface area contributed by atoms with Gasteiger partial charge in [-0.3, -0.25) is 9.89 Å². The van der Waals surface area contributed by atoms with Crippen molar-refractivity contribution in [2.24, 2.45) is 4.99 Å². The molecule has 1 aliphatic heterocycles. The predicted octanol–water partition coefficient (Wildman–Crippen LogP) is 3.66. The van der Waals surface area contributed by atoms with Crippen molar-refractivity contribution in [3.8, 4) is 0 Å². The maximum absolute atomic E-state index is 13.3. The molecule has 2 heterocycles. The molecule has 1 fully saturated rings. The summed E-state index contributed by atoms with van der Waals surface area (Å²) < 4.78 is 50.9. The number of aromatic nitrogens is 1. The van der Waals surface area contributed by atoms with Crippen LogP contribution in [-0.4, -0.2) is 60.8 Å². The molecule has 0 radical (unpaired) electrons. The lowest BCUT2D eigenvalue weighted by atomic mass is 10.1. The van der Waals surface area contributed by atoms with Gasteiger partial charge in [-0.15, -0.1) is 24.0 Å². The molecule has 162 valence electrons. The van der Waals surface area contributed by atoms with Crippen molar-refractivity contribution in [2.45, 2.75) is 32.0 Å². The fourth-order valence-corrected chi connectivity index (χ4v) is 3.51. The average molecular weight is 527 g/mol. The molecule has 1 aromatic carbocycles. The van der Waals surface area contributed by atoms with Crippen LogP contribution in [0.1, 0.15) is 18.9 Å². The fraction of sp³-hybridized carbons (Fsp3) is 0.526. The minimum absolute atomic E-state index is 0. The molecule has 1 saturated heterocycles. The Bertz CT molecular complexity index is 821. The molecule has 29 heavy (non-hydrogen) atoms. The first-order chi connectivity index (χ1) is 13.3. The van der Waals surface area contributed by atoms with Crippen LogP contribution in [0.25, 0.3) is 10.9 Å². The summed E-state index contributed by atoms with van der Waals surface area (Å²) in [6.07, 6.45) is -0.997. The zero-order chi connectivity index (χ0) is 20.1. The van der Waals surface area contributed by atoms with Crippen molar-refractivity contribution in [1.82, 2.24) is 20.5 Å². The molecule has 10 heteroatoms. The number of rotatable bonds is 6. The Morgan fingerprint density at radius 2 is 2.14 bits per heavy atom. The lowest BCUT2D eigenvalue weighted by Gasteiger charge is -2.19. The molecule has 0 amide bonds. The van der Waals surface area contributed by atoms with E-state index in [2.05, 4.69) is 20.6 Å². The highest BCUT2D eigenvalue weighted by Gasteiger charge is 2.34. The van der Waals surface area contributed by atoms with E-state index in [-0.39, 0.29) is 35.8 Å². The van der Waals surface area contributed by atoms with Crippen LogP contribution in [0.3, 0.4) is 0 Å². The smallest absolute Gasteiger partial charge is 0.361 e. The lowest BCUT2D eigenvalue weighted by Crippen LogP contribution is -2.45. The van der Waals surface area contributed by atoms with Crippen molar-refractivity contribution in [2.75, 3.05) is 32.7 Å². The van der Waals surface area contributed by atoms with Crippen LogP contribution < -0.4 is 10.6 Å². The number of hydrogen-bond donors (Lipinski definition) is 3. The van der Waals surface area contributed by atoms with Crippen LogP contribution in [0.4, 0.5) is 17.6 Å². The molecule has 3 rings (SSSR count). The number of H-pyrrole nitrogens is 1. The summed E-state index contributed by atoms with van der Waals surface area (Å²) in [7, 11) is 0. The monoisotopic (exact) mass is 527 g/mol. The Morgan fingerprint density at radius 3 is 2.86 bits per heavy atom. The molecular formula is C19H26F4IN5. The number of fused-ring (bicyclic) bond motifs is 1. The van der Waals surface area contributed by atoms with Gasteiger partial charge in [-0.1, -0.05) is 0 Å². The van der Waals surface area contributed by atoms with E-state index in [1.807, 2.05) is 13.1 Å². The Hall–Kier alpha value is -1.56. The molecule has 0 bridgehead atoms. The first-order valence-corrected chi connectivity index (χ1v) is 9.43. The van der Waals surface area contributed by atoms with E-state index in [1.54, 1.807) is 6.07 Å². The van der Waals surface area contributed by atoms with E-state index in [0.29, 0.717) is 45.0 Å². The SMILES string of the molecule is CCNC(=NCCc1c[nH]c2cc(F)ccc12)NC1CCN(CC(F)(F)F)C1.I. The maximum Gasteiger partial charge on any atom is 0.401 e. The second-order valence-electron chi connectivity index (χ2n) is 6.99. The third kappa shape index (κ3) is 7.02. The molecule has 5 nitrogen and oxygen atoms in total. The first-order valence-electron chi connectivity index (χ1n) is 9.43. The number of nitrogens with one attached hydrogen (secondary N) is 3. The lowest BCUT2D eigenvalue weighted by molar-refractivity contribution is -0.143. The van der Waals surface area contributed by atoms with Crippen molar-refractivity contribution < 1.29 is 17.6 Å². The van der Waals surface area contributed by atoms with Gasteiger partial charge < -0.3 is 15.6 Å². The summed E-state index contributed by atoms with van der Waals surface area (Å²) in [5.74, 6) is 0.320. The molecule has 1 unspecified atom stereocenters. The fourth-order valence-electron chi connectivity index (χ4n) is 3.51. The van der Waals surface area contributed by atoms with Gasteiger partial charge in [0, 0.05) is 49.3 Å². The van der Waals surface area contributed by atoms with Crippen LogP contribution in [0.15, 0.2) is 29.4 Å². The van der Waals surface area contributed by atoms with Gasteiger partial charge in [-0.05, 0) is 43.5 Å². The van der Waals surface area contributed by atoms with Gasteiger partial charge in [-0.2, -0.15) is 13.2 Å². The second-order valence-corrected chi connectivity index (χ2v) is 6.99. The van der Waals surface area contributed by atoms with Crippen molar-refractivity contribution in [3.63, 3.8) is 0 Å². The van der Waals surface area contributed by atoms with E-state index in [1.165, 1.54) is 17.0 Å². The third-order valence-electron chi connectivity index (χ3n) is 4.74. The quantitative estimate of drug-likeness (QED) is 0.233. The summed E-state index contributed by atoms with van der Waals surface area (Å²) in [5.41, 5.74) is 1.80. The standard InChI is InChI=1S/C19H25F4N5.HI/c1-2-24-18(27-15-6-8-28(11-15)12-19(21,22)23)25-7-5-13-10-26-17-9-14(20)3-4-16(13)17;/h3-4,9-10,15,26H,2,5-8,11-12H2,1H3,(H2,24,25,27);1H. The summed E-state index contributed by atoms with van der Waals surface area (Å²) in [6, 6.07) is 4.58. The Morgan fingerprint density at radius 1 is 1.34 bits per heavy atom. The summed E-state index contributed by atoms with van der Waals surface area (Å²) in [4.78, 5) is 9.01. The van der Waals surface area contributed by atoms with Gasteiger partial charge in [-0.25, -0.2) is 4.39 Å². The molecule has 0 saturated carbocycles. The predicted molar refractivity (Wildman–Crippen MR) is 117 cm³/mol. The summed E-state index contributed by atoms with van der Waals surface area (Å²) >= 11 is 0. The van der Waals surface area contributed by atoms with E-state index < -0.39 is 12.7 Å². The normalized spacial score (nSPS) is 18.1. The average Bonchev–Trinajstić information content (AvgIpc) is 3.20. The van der Waals surface area contributed by atoms with Crippen LogP contribution >= 0.6 is 24.0 Å². The first kappa shape index (κ1) is 23.7. The van der Waals surface area contributed by atoms with Gasteiger partial charge in [0.15, 0.2) is 5.96 Å². The largest absolute Gasteiger partial charge is 0.401 e. The van der Waals surface area contributed by atoms with Crippen molar-refractivity contribution >= 4 is 40.8 Å². The van der Waals surface area contributed by atoms with E-state index in [0.717, 1.165) is 16.5 Å². The topological polar surface area (TPSA) is 55.5 Å². The van der Waals surface area contributed by atoms with Crippen LogP contribution in [-0.2, 0) is 6.42 Å².